The largest absolute Gasteiger partial charge is 0.490 e. The van der Waals surface area contributed by atoms with Gasteiger partial charge in [-0.1, -0.05) is 38.1 Å². The standard InChI is InChI=1S/C19H27N3O4/c1-7-24-13-10-8-9-11-14(13)25-12-15(23)21-19(5,6)16-20-17(26-22-16)18(2,3)4/h8-11H,7,12H2,1-6H3,(H,21,23). The number of benzene rings is 1. The quantitative estimate of drug-likeness (QED) is 0.815. The fraction of sp³-hybridized carbons (Fsp3) is 0.526. The molecule has 0 fully saturated rings. The van der Waals surface area contributed by atoms with Crippen LogP contribution in [0.4, 0.5) is 0 Å². The van der Waals surface area contributed by atoms with E-state index < -0.39 is 5.54 Å². The maximum absolute atomic E-state index is 12.3. The molecule has 0 aliphatic carbocycles. The van der Waals surface area contributed by atoms with Crippen molar-refractivity contribution in [2.75, 3.05) is 13.2 Å². The van der Waals surface area contributed by atoms with Crippen LogP contribution in [0.15, 0.2) is 28.8 Å². The summed E-state index contributed by atoms with van der Waals surface area (Å²) in [4.78, 5) is 16.7. The zero-order valence-electron chi connectivity index (χ0n) is 16.3. The lowest BCUT2D eigenvalue weighted by atomic mass is 9.97. The molecule has 1 aromatic heterocycles. The molecule has 142 valence electrons. The maximum Gasteiger partial charge on any atom is 0.258 e. The summed E-state index contributed by atoms with van der Waals surface area (Å²) in [6.45, 7) is 11.9. The normalized spacial score (nSPS) is 11.9. The van der Waals surface area contributed by atoms with Gasteiger partial charge in [-0.05, 0) is 32.9 Å². The van der Waals surface area contributed by atoms with Crippen LogP contribution >= 0.6 is 0 Å². The van der Waals surface area contributed by atoms with Gasteiger partial charge < -0.3 is 19.3 Å². The molecule has 0 atom stereocenters. The van der Waals surface area contributed by atoms with Crippen molar-refractivity contribution >= 4 is 5.91 Å². The molecule has 1 aromatic carbocycles. The summed E-state index contributed by atoms with van der Waals surface area (Å²) in [5.41, 5.74) is -1.04. The second kappa shape index (κ2) is 7.76. The van der Waals surface area contributed by atoms with Crippen molar-refractivity contribution < 1.29 is 18.8 Å². The van der Waals surface area contributed by atoms with Crippen LogP contribution in [0.5, 0.6) is 11.5 Å². The molecule has 2 aromatic rings. The molecule has 0 bridgehead atoms. The first kappa shape index (κ1) is 19.8. The average molecular weight is 361 g/mol. The first-order valence-corrected chi connectivity index (χ1v) is 8.64. The van der Waals surface area contributed by atoms with Crippen molar-refractivity contribution in [1.82, 2.24) is 15.5 Å². The second-order valence-corrected chi connectivity index (χ2v) is 7.51. The monoisotopic (exact) mass is 361 g/mol. The number of hydrogen-bond donors (Lipinski definition) is 1. The van der Waals surface area contributed by atoms with Gasteiger partial charge in [-0.2, -0.15) is 4.98 Å². The van der Waals surface area contributed by atoms with E-state index in [4.69, 9.17) is 14.0 Å². The molecule has 1 heterocycles. The lowest BCUT2D eigenvalue weighted by Crippen LogP contribution is -2.44. The number of amides is 1. The number of ether oxygens (including phenoxy) is 2. The average Bonchev–Trinajstić information content (AvgIpc) is 3.05. The van der Waals surface area contributed by atoms with Crippen LogP contribution in [-0.4, -0.2) is 29.3 Å². The number of carbonyl (C=O) groups is 1. The molecule has 1 amide bonds. The van der Waals surface area contributed by atoms with Gasteiger partial charge in [0.05, 0.1) is 12.1 Å². The molecule has 0 unspecified atom stereocenters. The summed E-state index contributed by atoms with van der Waals surface area (Å²) >= 11 is 0. The Labute approximate surface area is 154 Å². The first-order chi connectivity index (χ1) is 12.1. The summed E-state index contributed by atoms with van der Waals surface area (Å²) in [6, 6.07) is 7.24. The van der Waals surface area contributed by atoms with Crippen LogP contribution in [-0.2, 0) is 15.7 Å². The molecule has 2 rings (SSSR count). The maximum atomic E-state index is 12.3. The number of aromatic nitrogens is 2. The van der Waals surface area contributed by atoms with E-state index in [-0.39, 0.29) is 17.9 Å². The minimum Gasteiger partial charge on any atom is -0.490 e. The zero-order valence-corrected chi connectivity index (χ0v) is 16.3. The third-order valence-electron chi connectivity index (χ3n) is 3.59. The Balaban J connectivity index is 1.99. The molecule has 1 N–H and O–H groups in total. The van der Waals surface area contributed by atoms with Gasteiger partial charge >= 0.3 is 0 Å². The highest BCUT2D eigenvalue weighted by molar-refractivity contribution is 5.78. The van der Waals surface area contributed by atoms with Crippen molar-refractivity contribution in [2.45, 2.75) is 52.5 Å². The Kier molecular flexibility index (Phi) is 5.90. The summed E-state index contributed by atoms with van der Waals surface area (Å²) in [6.07, 6.45) is 0. The minimum atomic E-state index is -0.785. The third kappa shape index (κ3) is 4.97. The lowest BCUT2D eigenvalue weighted by Gasteiger charge is -2.22. The molecule has 0 radical (unpaired) electrons. The van der Waals surface area contributed by atoms with E-state index in [0.717, 1.165) is 0 Å². The molecule has 7 nitrogen and oxygen atoms in total. The Morgan fingerprint density at radius 3 is 2.27 bits per heavy atom. The predicted molar refractivity (Wildman–Crippen MR) is 97.3 cm³/mol. The fourth-order valence-corrected chi connectivity index (χ4v) is 2.21. The van der Waals surface area contributed by atoms with Crippen LogP contribution in [0, 0.1) is 0 Å². The molecule has 7 heteroatoms. The van der Waals surface area contributed by atoms with Crippen LogP contribution in [0.1, 0.15) is 53.3 Å². The van der Waals surface area contributed by atoms with Crippen molar-refractivity contribution in [2.24, 2.45) is 0 Å². The number of nitrogens with one attached hydrogen (secondary N) is 1. The van der Waals surface area contributed by atoms with Gasteiger partial charge in [-0.25, -0.2) is 0 Å². The third-order valence-corrected chi connectivity index (χ3v) is 3.59. The molecule has 26 heavy (non-hydrogen) atoms. The highest BCUT2D eigenvalue weighted by Gasteiger charge is 2.31. The van der Waals surface area contributed by atoms with Gasteiger partial charge in [0.25, 0.3) is 5.91 Å². The van der Waals surface area contributed by atoms with Crippen molar-refractivity contribution in [3.8, 4) is 11.5 Å². The van der Waals surface area contributed by atoms with E-state index in [1.54, 1.807) is 12.1 Å². The number of hydrogen-bond acceptors (Lipinski definition) is 6. The van der Waals surface area contributed by atoms with Gasteiger partial charge in [-0.15, -0.1) is 0 Å². The number of para-hydroxylation sites is 2. The van der Waals surface area contributed by atoms with E-state index in [9.17, 15) is 4.79 Å². The van der Waals surface area contributed by atoms with Crippen LogP contribution in [0.25, 0.3) is 0 Å². The van der Waals surface area contributed by atoms with Crippen molar-refractivity contribution in [3.05, 3.63) is 36.0 Å². The molecule has 0 aliphatic rings. The lowest BCUT2D eigenvalue weighted by molar-refractivity contribution is -0.124. The van der Waals surface area contributed by atoms with Crippen LogP contribution in [0.3, 0.4) is 0 Å². The Bertz CT molecular complexity index is 747. The molecule has 0 saturated carbocycles. The number of carbonyl (C=O) groups excluding carboxylic acids is 1. The van der Waals surface area contributed by atoms with Gasteiger partial charge in [0.2, 0.25) is 5.89 Å². The molecule has 0 saturated heterocycles. The van der Waals surface area contributed by atoms with Gasteiger partial charge in [-0.3, -0.25) is 4.79 Å². The Morgan fingerprint density at radius 2 is 1.73 bits per heavy atom. The minimum absolute atomic E-state index is 0.141. The summed E-state index contributed by atoms with van der Waals surface area (Å²) in [5, 5.41) is 6.87. The van der Waals surface area contributed by atoms with Crippen molar-refractivity contribution in [3.63, 3.8) is 0 Å². The van der Waals surface area contributed by atoms with E-state index >= 15 is 0 Å². The molecule has 0 aliphatic heterocycles. The Morgan fingerprint density at radius 1 is 1.12 bits per heavy atom. The van der Waals surface area contributed by atoms with Gasteiger partial charge in [0.1, 0.15) is 0 Å². The molecular weight excluding hydrogens is 334 g/mol. The SMILES string of the molecule is CCOc1ccccc1OCC(=O)NC(C)(C)c1noc(C(C)(C)C)n1. The summed E-state index contributed by atoms with van der Waals surface area (Å²) < 4.78 is 16.4. The highest BCUT2D eigenvalue weighted by Crippen LogP contribution is 2.27. The van der Waals surface area contributed by atoms with Gasteiger partial charge in [0.15, 0.2) is 23.9 Å². The van der Waals surface area contributed by atoms with E-state index in [0.29, 0.717) is 29.8 Å². The molecular formula is C19H27N3O4. The van der Waals surface area contributed by atoms with Gasteiger partial charge in [0, 0.05) is 5.41 Å². The first-order valence-electron chi connectivity index (χ1n) is 8.64. The number of rotatable bonds is 7. The van der Waals surface area contributed by atoms with Crippen LogP contribution in [0.2, 0.25) is 0 Å². The molecule has 0 spiro atoms. The summed E-state index contributed by atoms with van der Waals surface area (Å²) in [5.74, 6) is 1.79. The van der Waals surface area contributed by atoms with Crippen molar-refractivity contribution in [1.29, 1.82) is 0 Å². The smallest absolute Gasteiger partial charge is 0.258 e. The second-order valence-electron chi connectivity index (χ2n) is 7.51. The van der Waals surface area contributed by atoms with E-state index in [1.165, 1.54) is 0 Å². The number of nitrogens with zero attached hydrogens (tertiary/aromatic N) is 2. The van der Waals surface area contributed by atoms with E-state index in [2.05, 4.69) is 15.5 Å². The topological polar surface area (TPSA) is 86.5 Å². The zero-order chi connectivity index (χ0) is 19.4. The summed E-state index contributed by atoms with van der Waals surface area (Å²) in [7, 11) is 0. The van der Waals surface area contributed by atoms with E-state index in [1.807, 2.05) is 53.7 Å². The predicted octanol–water partition coefficient (Wildman–Crippen LogP) is 3.20. The fourth-order valence-electron chi connectivity index (χ4n) is 2.21. The highest BCUT2D eigenvalue weighted by atomic mass is 16.5. The van der Waals surface area contributed by atoms with Crippen LogP contribution < -0.4 is 14.8 Å². The Hall–Kier alpha value is -2.57.